The Hall–Kier alpha value is -0.500. The van der Waals surface area contributed by atoms with Gasteiger partial charge in [0.15, 0.2) is 0 Å². The van der Waals surface area contributed by atoms with E-state index in [1.807, 2.05) is 0 Å². The summed E-state index contributed by atoms with van der Waals surface area (Å²) in [7, 11) is 0. The van der Waals surface area contributed by atoms with Gasteiger partial charge in [0.05, 0.1) is 0 Å². The Kier molecular flexibility index (Phi) is 7.65. The van der Waals surface area contributed by atoms with Gasteiger partial charge in [-0.25, -0.2) is 4.39 Å². The maximum absolute atomic E-state index is 14.1. The fraction of sp³-hybridized carbons (Fsp3) is 0.765. The molecule has 0 saturated carbocycles. The number of unbranched alkanes of at least 4 members (excludes halogenated alkanes) is 5. The molecule has 0 fully saturated rings. The number of hydrogen-bond donors (Lipinski definition) is 1. The van der Waals surface area contributed by atoms with Crippen LogP contribution in [0.25, 0.3) is 0 Å². The van der Waals surface area contributed by atoms with Crippen LogP contribution in [0.3, 0.4) is 0 Å². The summed E-state index contributed by atoms with van der Waals surface area (Å²) in [6.07, 6.45) is 11.8. The first kappa shape index (κ1) is 17.6. The first-order chi connectivity index (χ1) is 9.55. The molecule has 116 valence electrons. The van der Waals surface area contributed by atoms with Gasteiger partial charge in [-0.05, 0) is 18.3 Å². The Labute approximate surface area is 128 Å². The van der Waals surface area contributed by atoms with Gasteiger partial charge in [0.25, 0.3) is 0 Å². The smallest absolute Gasteiger partial charge is 0.145 e. The highest BCUT2D eigenvalue weighted by atomic mass is 35.5. The van der Waals surface area contributed by atoms with E-state index in [2.05, 4.69) is 25.8 Å². The molecule has 1 unspecified atom stereocenters. The zero-order valence-corrected chi connectivity index (χ0v) is 14.0. The topological polar surface area (TPSA) is 15.8 Å². The van der Waals surface area contributed by atoms with Gasteiger partial charge in [-0.1, -0.05) is 77.3 Å². The van der Waals surface area contributed by atoms with E-state index in [0.29, 0.717) is 10.7 Å². The Bertz CT molecular complexity index is 369. The van der Waals surface area contributed by atoms with Crippen LogP contribution in [0.5, 0.6) is 0 Å². The molecular weight excluding hydrogens is 273 g/mol. The second-order valence-corrected chi connectivity index (χ2v) is 6.53. The summed E-state index contributed by atoms with van der Waals surface area (Å²) in [6, 6.07) is 0. The van der Waals surface area contributed by atoms with E-state index < -0.39 is 0 Å². The van der Waals surface area contributed by atoms with Gasteiger partial charge in [-0.2, -0.15) is 0 Å². The van der Waals surface area contributed by atoms with Crippen molar-refractivity contribution in [3.8, 4) is 0 Å². The number of aromatic amines is 1. The fourth-order valence-corrected chi connectivity index (χ4v) is 3.38. The molecule has 3 heteroatoms. The molecule has 20 heavy (non-hydrogen) atoms. The van der Waals surface area contributed by atoms with E-state index in [1.165, 1.54) is 38.3 Å². The molecule has 1 atom stereocenters. The van der Waals surface area contributed by atoms with Crippen LogP contribution in [0, 0.1) is 5.82 Å². The first-order valence-electron chi connectivity index (χ1n) is 8.08. The molecule has 0 aromatic carbocycles. The van der Waals surface area contributed by atoms with Gasteiger partial charge >= 0.3 is 0 Å². The predicted molar refractivity (Wildman–Crippen MR) is 86.0 cm³/mol. The number of halogens is 2. The minimum absolute atomic E-state index is 0.135. The van der Waals surface area contributed by atoms with E-state index in [-0.39, 0.29) is 11.2 Å². The molecule has 0 radical (unpaired) electrons. The summed E-state index contributed by atoms with van der Waals surface area (Å²) in [5.41, 5.74) is 0.566. The quantitative estimate of drug-likeness (QED) is 0.468. The summed E-state index contributed by atoms with van der Waals surface area (Å²) in [5, 5.41) is 0.483. The molecule has 0 spiro atoms. The van der Waals surface area contributed by atoms with Crippen molar-refractivity contribution in [1.82, 2.24) is 4.98 Å². The van der Waals surface area contributed by atoms with Crippen molar-refractivity contribution >= 4 is 11.6 Å². The van der Waals surface area contributed by atoms with E-state index >= 15 is 0 Å². The van der Waals surface area contributed by atoms with Crippen molar-refractivity contribution in [2.45, 2.75) is 84.0 Å². The lowest BCUT2D eigenvalue weighted by Gasteiger charge is -2.30. The molecule has 0 aliphatic heterocycles. The Morgan fingerprint density at radius 2 is 1.60 bits per heavy atom. The largest absolute Gasteiger partial charge is 0.349 e. The van der Waals surface area contributed by atoms with Crippen molar-refractivity contribution in [1.29, 1.82) is 0 Å². The summed E-state index contributed by atoms with van der Waals surface area (Å²) in [4.78, 5) is 2.83. The Balaban J connectivity index is 2.77. The first-order valence-corrected chi connectivity index (χ1v) is 8.45. The van der Waals surface area contributed by atoms with E-state index in [0.717, 1.165) is 25.7 Å². The van der Waals surface area contributed by atoms with Crippen LogP contribution in [-0.2, 0) is 5.41 Å². The van der Waals surface area contributed by atoms with Crippen molar-refractivity contribution < 1.29 is 4.39 Å². The summed E-state index contributed by atoms with van der Waals surface area (Å²) < 4.78 is 14.1. The SMILES string of the molecule is CCCCCCC(C)(CCCCC)c1c(F)c[nH]c1Cl. The fourth-order valence-electron chi connectivity index (χ4n) is 3.01. The number of hydrogen-bond acceptors (Lipinski definition) is 0. The highest BCUT2D eigenvalue weighted by Gasteiger charge is 2.32. The lowest BCUT2D eigenvalue weighted by molar-refractivity contribution is 0.354. The molecule has 1 heterocycles. The molecule has 1 rings (SSSR count). The van der Waals surface area contributed by atoms with Crippen LogP contribution in [0.1, 0.15) is 84.1 Å². The van der Waals surface area contributed by atoms with Crippen LogP contribution in [0.4, 0.5) is 4.39 Å². The van der Waals surface area contributed by atoms with Crippen LogP contribution < -0.4 is 0 Å². The van der Waals surface area contributed by atoms with Crippen molar-refractivity contribution in [3.63, 3.8) is 0 Å². The van der Waals surface area contributed by atoms with Crippen molar-refractivity contribution in [3.05, 3.63) is 22.7 Å². The molecule has 0 amide bonds. The normalized spacial score (nSPS) is 14.4. The molecular formula is C17H29ClFN. The predicted octanol–water partition coefficient (Wildman–Crippen LogP) is 6.62. The number of nitrogens with one attached hydrogen (secondary N) is 1. The number of aromatic nitrogens is 1. The standard InChI is InChI=1S/C17H29ClFN/c1-4-6-8-10-12-17(3,11-9-7-5-2)15-14(19)13-20-16(15)18/h13,20H,4-12H2,1-3H3. The van der Waals surface area contributed by atoms with Gasteiger partial charge in [0.2, 0.25) is 0 Å². The Morgan fingerprint density at radius 1 is 1.05 bits per heavy atom. The molecule has 0 saturated heterocycles. The summed E-state index contributed by atoms with van der Waals surface area (Å²) in [6.45, 7) is 6.58. The lowest BCUT2D eigenvalue weighted by Crippen LogP contribution is -2.23. The number of H-pyrrole nitrogens is 1. The molecule has 0 bridgehead atoms. The van der Waals surface area contributed by atoms with Gasteiger partial charge < -0.3 is 4.98 Å². The van der Waals surface area contributed by atoms with E-state index in [1.54, 1.807) is 0 Å². The highest BCUT2D eigenvalue weighted by molar-refractivity contribution is 6.30. The summed E-state index contributed by atoms with van der Waals surface area (Å²) in [5.74, 6) is -0.176. The lowest BCUT2D eigenvalue weighted by atomic mass is 9.75. The monoisotopic (exact) mass is 301 g/mol. The third-order valence-electron chi connectivity index (χ3n) is 4.30. The van der Waals surface area contributed by atoms with Gasteiger partial charge in [0, 0.05) is 11.8 Å². The van der Waals surface area contributed by atoms with Crippen LogP contribution in [-0.4, -0.2) is 4.98 Å². The Morgan fingerprint density at radius 3 is 2.10 bits per heavy atom. The molecule has 1 aromatic rings. The maximum atomic E-state index is 14.1. The maximum Gasteiger partial charge on any atom is 0.145 e. The van der Waals surface area contributed by atoms with Gasteiger partial charge in [-0.15, -0.1) is 0 Å². The molecule has 0 aliphatic rings. The molecule has 1 N–H and O–H groups in total. The molecule has 0 aliphatic carbocycles. The van der Waals surface area contributed by atoms with Gasteiger partial charge in [0.1, 0.15) is 11.0 Å². The van der Waals surface area contributed by atoms with Crippen LogP contribution in [0.2, 0.25) is 5.15 Å². The van der Waals surface area contributed by atoms with Gasteiger partial charge in [-0.3, -0.25) is 0 Å². The van der Waals surface area contributed by atoms with Crippen molar-refractivity contribution in [2.75, 3.05) is 0 Å². The minimum Gasteiger partial charge on any atom is -0.349 e. The average Bonchev–Trinajstić information content (AvgIpc) is 2.75. The third kappa shape index (κ3) is 4.80. The zero-order valence-electron chi connectivity index (χ0n) is 13.2. The average molecular weight is 302 g/mol. The second-order valence-electron chi connectivity index (χ2n) is 6.15. The van der Waals surface area contributed by atoms with Crippen LogP contribution >= 0.6 is 11.6 Å². The molecule has 1 nitrogen and oxygen atoms in total. The van der Waals surface area contributed by atoms with E-state index in [4.69, 9.17) is 11.6 Å². The minimum atomic E-state index is -0.176. The highest BCUT2D eigenvalue weighted by Crippen LogP contribution is 2.40. The van der Waals surface area contributed by atoms with Crippen molar-refractivity contribution in [2.24, 2.45) is 0 Å². The van der Waals surface area contributed by atoms with E-state index in [9.17, 15) is 4.39 Å². The second kappa shape index (κ2) is 8.71. The summed E-state index contributed by atoms with van der Waals surface area (Å²) >= 11 is 6.19. The zero-order chi connectivity index (χ0) is 15.0. The molecule has 1 aromatic heterocycles. The third-order valence-corrected chi connectivity index (χ3v) is 4.60. The number of rotatable bonds is 10. The van der Waals surface area contributed by atoms with Crippen LogP contribution in [0.15, 0.2) is 6.20 Å².